The topological polar surface area (TPSA) is 34.5 Å². The minimum atomic E-state index is 1.14. The molecule has 0 aliphatic carbocycles. The largest absolute Gasteiger partial charge is 0.340 e. The van der Waals surface area contributed by atoms with Gasteiger partial charge < -0.3 is 32.0 Å². The number of hydrogen-bond acceptors (Lipinski definition) is 0. The summed E-state index contributed by atoms with van der Waals surface area (Å²) >= 11 is 0. The molecular weight excluding hydrogens is 1610 g/mol. The summed E-state index contributed by atoms with van der Waals surface area (Å²) in [5.41, 5.74) is 34.9. The normalized spacial score (nSPS) is 11.7. The number of aromatic nitrogens is 7. The Labute approximate surface area is 774 Å². The quantitative estimate of drug-likeness (QED) is 0.0917. The molecular formula is C126H101N7. The van der Waals surface area contributed by atoms with Crippen molar-refractivity contribution in [3.8, 4) is 56.4 Å². The molecule has 7 nitrogen and oxygen atoms in total. The fraction of sp³-hybridized carbons (Fsp3) is 0.0952. The number of benzene rings is 19. The van der Waals surface area contributed by atoms with Crippen molar-refractivity contribution < 1.29 is 0 Å². The molecule has 0 atom stereocenters. The zero-order valence-electron chi connectivity index (χ0n) is 75.6. The van der Waals surface area contributed by atoms with Crippen LogP contribution in [0.3, 0.4) is 0 Å². The molecule has 133 heavy (non-hydrogen) atoms. The molecule has 0 fully saturated rings. The van der Waals surface area contributed by atoms with Gasteiger partial charge in [-0.15, -0.1) is 0 Å². The second-order valence-electron chi connectivity index (χ2n) is 35.8. The van der Waals surface area contributed by atoms with E-state index >= 15 is 0 Å². The third kappa shape index (κ3) is 14.5. The van der Waals surface area contributed by atoms with Crippen molar-refractivity contribution in [2.75, 3.05) is 0 Å². The lowest BCUT2D eigenvalue weighted by Gasteiger charge is -2.15. The van der Waals surface area contributed by atoms with E-state index in [-0.39, 0.29) is 0 Å². The van der Waals surface area contributed by atoms with E-state index in [0.717, 1.165) is 6.54 Å². The second-order valence-corrected chi connectivity index (χ2v) is 35.8. The lowest BCUT2D eigenvalue weighted by Crippen LogP contribution is -1.98. The Morgan fingerprint density at radius 3 is 0.639 bits per heavy atom. The lowest BCUT2D eigenvalue weighted by molar-refractivity contribution is 0.571. The standard InChI is InChI=1S/C38H28N2.C36H24N2.C30H20N2.C22H29N/c1-25-23-27(39-35-15-7-3-11-31(35)32-12-4-8-16-36(32)39)19-21-29(25)30-22-20-28(24-26(30)2)40-37-17-9-5-13-33(37)34-14-6-10-18-38(34)40;1-5-13-33-29(9-1)30-10-2-6-14-34(30)37(33)27-21-17-25(18-22-27)26-19-23-28(24-20-26)38-35-15-7-3-11-31(35)32-12-4-8-16-36(32)38;1-5-16-27-23(12-1)24-13-2-6-17-28(24)31(27)21-10-9-11-22(20-21)32-29-18-7-3-14-25(29)26-15-4-8-19-30(26)32;1-4-5-6-7-8-9-14-23-21-15-17(2)10-12-19(21)20-13-11-18(3)16-22(20)23/h3-24H,1-2H3;1-24H;1-20H;10-13,15-16H,4-9,14H2,1-3H3. The van der Waals surface area contributed by atoms with Crippen LogP contribution in [0.15, 0.2) is 437 Å². The lowest BCUT2D eigenvalue weighted by atomic mass is 9.95. The first-order chi connectivity index (χ1) is 65.7. The van der Waals surface area contributed by atoms with Gasteiger partial charge in [-0.2, -0.15) is 0 Å². The molecule has 7 heteroatoms. The smallest absolute Gasteiger partial charge is 0.0541 e. The number of para-hydroxylation sites is 12. The van der Waals surface area contributed by atoms with Gasteiger partial charge in [0, 0.05) is 127 Å². The van der Waals surface area contributed by atoms with E-state index in [9.17, 15) is 0 Å². The van der Waals surface area contributed by atoms with Crippen molar-refractivity contribution in [2.24, 2.45) is 0 Å². The van der Waals surface area contributed by atoms with Crippen molar-refractivity contribution in [1.82, 2.24) is 32.0 Å². The first-order valence-electron chi connectivity index (χ1n) is 47.1. The molecule has 0 aliphatic heterocycles. The molecule has 0 saturated heterocycles. The maximum atomic E-state index is 2.55. The molecule has 7 heterocycles. The molecule has 26 rings (SSSR count). The molecule has 0 radical (unpaired) electrons. The van der Waals surface area contributed by atoms with Crippen molar-refractivity contribution in [3.05, 3.63) is 459 Å². The Hall–Kier alpha value is -16.2. The summed E-state index contributed by atoms with van der Waals surface area (Å²) < 4.78 is 16.8. The maximum absolute atomic E-state index is 2.55. The van der Waals surface area contributed by atoms with Crippen LogP contribution in [-0.2, 0) is 6.54 Å². The van der Waals surface area contributed by atoms with Crippen LogP contribution in [0.25, 0.3) is 209 Å². The number of nitrogens with zero attached hydrogens (tertiary/aromatic N) is 7. The summed E-state index contributed by atoms with van der Waals surface area (Å²) in [7, 11) is 0. The van der Waals surface area contributed by atoms with Crippen LogP contribution in [-0.4, -0.2) is 32.0 Å². The Balaban J connectivity index is 0.000000102. The molecule has 640 valence electrons. The number of rotatable bonds is 15. The molecule has 0 bridgehead atoms. The summed E-state index contributed by atoms with van der Waals surface area (Å²) in [6.45, 7) is 12.3. The van der Waals surface area contributed by atoms with Gasteiger partial charge >= 0.3 is 0 Å². The average Bonchev–Trinajstić information content (AvgIpc) is 1.58. The highest BCUT2D eigenvalue weighted by Crippen LogP contribution is 2.43. The molecule has 0 spiro atoms. The fourth-order valence-corrected chi connectivity index (χ4v) is 21.4. The predicted octanol–water partition coefficient (Wildman–Crippen LogP) is 34.4. The third-order valence-corrected chi connectivity index (χ3v) is 27.6. The average molecular weight is 1710 g/mol. The maximum Gasteiger partial charge on any atom is 0.0541 e. The van der Waals surface area contributed by atoms with Crippen LogP contribution < -0.4 is 0 Å². The highest BCUT2D eigenvalue weighted by molar-refractivity contribution is 6.15. The monoisotopic (exact) mass is 1710 g/mol. The Kier molecular flexibility index (Phi) is 21.2. The van der Waals surface area contributed by atoms with Gasteiger partial charge in [0.2, 0.25) is 0 Å². The van der Waals surface area contributed by atoms with Gasteiger partial charge in [-0.3, -0.25) is 0 Å². The Bertz CT molecular complexity index is 8110. The van der Waals surface area contributed by atoms with E-state index in [1.165, 1.54) is 270 Å². The van der Waals surface area contributed by atoms with Crippen LogP contribution in [0.4, 0.5) is 0 Å². The SMILES string of the molecule is CCCCCCCCn1c2cc(C)ccc2c2ccc(C)cc21.Cc1cc(-n2c3ccccc3c3ccccc32)ccc1-c1ccc(-n2c3ccccc3c3ccccc32)cc1C.c1cc(-n2c3ccccc3c3ccccc32)cc(-n2c3ccccc3c3ccccc32)c1.c1ccc2c(c1)c1ccccc1n2-c1ccc(-c2ccc(-n3c4ccccc4c4ccccc43)cc2)cc1. The number of unbranched alkanes of at least 4 members (excludes halogenated alkanes) is 5. The second kappa shape index (κ2) is 34.7. The predicted molar refractivity (Wildman–Crippen MR) is 568 cm³/mol. The van der Waals surface area contributed by atoms with Crippen molar-refractivity contribution in [3.63, 3.8) is 0 Å². The number of hydrogen-bond donors (Lipinski definition) is 0. The Morgan fingerprint density at radius 1 is 0.165 bits per heavy atom. The summed E-state index contributed by atoms with van der Waals surface area (Å²) in [4.78, 5) is 0. The third-order valence-electron chi connectivity index (χ3n) is 27.6. The van der Waals surface area contributed by atoms with E-state index in [1.807, 2.05) is 0 Å². The number of fused-ring (bicyclic) bond motifs is 21. The molecule has 19 aromatic carbocycles. The van der Waals surface area contributed by atoms with Crippen molar-refractivity contribution >= 4 is 153 Å². The van der Waals surface area contributed by atoms with Gasteiger partial charge in [0.25, 0.3) is 0 Å². The van der Waals surface area contributed by atoms with Gasteiger partial charge in [0.05, 0.1) is 66.2 Å². The first kappa shape index (κ1) is 81.3. The molecule has 0 amide bonds. The summed E-state index contributed by atoms with van der Waals surface area (Å²) in [5, 5.41) is 18.2. The minimum Gasteiger partial charge on any atom is -0.340 e. The van der Waals surface area contributed by atoms with Crippen LogP contribution in [0.5, 0.6) is 0 Å². The van der Waals surface area contributed by atoms with Gasteiger partial charge in [0.1, 0.15) is 0 Å². The minimum absolute atomic E-state index is 1.14. The zero-order valence-corrected chi connectivity index (χ0v) is 75.6. The van der Waals surface area contributed by atoms with Crippen molar-refractivity contribution in [2.45, 2.75) is 79.7 Å². The zero-order chi connectivity index (χ0) is 89.2. The van der Waals surface area contributed by atoms with Gasteiger partial charge in [-0.1, -0.05) is 324 Å². The summed E-state index contributed by atoms with van der Waals surface area (Å²) in [6.07, 6.45) is 8.10. The fourth-order valence-electron chi connectivity index (χ4n) is 21.4. The molecule has 0 aliphatic rings. The molecule has 0 unspecified atom stereocenters. The van der Waals surface area contributed by atoms with E-state index in [2.05, 4.69) is 503 Å². The van der Waals surface area contributed by atoms with Gasteiger partial charge in [-0.25, -0.2) is 0 Å². The van der Waals surface area contributed by atoms with Gasteiger partial charge in [-0.05, 0) is 230 Å². The van der Waals surface area contributed by atoms with E-state index < -0.39 is 0 Å². The molecule has 7 aromatic heterocycles. The van der Waals surface area contributed by atoms with E-state index in [0.29, 0.717) is 0 Å². The van der Waals surface area contributed by atoms with Crippen LogP contribution >= 0.6 is 0 Å². The van der Waals surface area contributed by atoms with Crippen molar-refractivity contribution in [1.29, 1.82) is 0 Å². The first-order valence-corrected chi connectivity index (χ1v) is 47.1. The van der Waals surface area contributed by atoms with E-state index in [1.54, 1.807) is 0 Å². The highest BCUT2D eigenvalue weighted by atomic mass is 15.0. The molecule has 0 N–H and O–H groups in total. The summed E-state index contributed by atoms with van der Waals surface area (Å²) in [5.74, 6) is 0. The molecule has 26 aromatic rings. The van der Waals surface area contributed by atoms with Crippen LogP contribution in [0, 0.1) is 27.7 Å². The van der Waals surface area contributed by atoms with Crippen LogP contribution in [0.2, 0.25) is 0 Å². The summed E-state index contributed by atoms with van der Waals surface area (Å²) in [6, 6.07) is 158. The Morgan fingerprint density at radius 2 is 0.383 bits per heavy atom. The van der Waals surface area contributed by atoms with Gasteiger partial charge in [0.15, 0.2) is 0 Å². The van der Waals surface area contributed by atoms with Crippen LogP contribution in [0.1, 0.15) is 67.7 Å². The molecule has 0 saturated carbocycles. The number of aryl methyl sites for hydroxylation is 5. The van der Waals surface area contributed by atoms with E-state index in [4.69, 9.17) is 0 Å². The highest BCUT2D eigenvalue weighted by Gasteiger charge is 2.22.